The Hall–Kier alpha value is -2.36. The van der Waals surface area contributed by atoms with E-state index in [1.54, 1.807) is 13.2 Å². The van der Waals surface area contributed by atoms with E-state index in [0.29, 0.717) is 6.54 Å². The smallest absolute Gasteiger partial charge is 0.191 e. The average Bonchev–Trinajstić information content (AvgIpc) is 3.28. The van der Waals surface area contributed by atoms with E-state index < -0.39 is 0 Å². The fraction of sp³-hybridized carbons (Fsp3) is 0.381. The molecule has 3 aromatic rings. The zero-order chi connectivity index (χ0) is 19.9. The second-order valence-electron chi connectivity index (χ2n) is 6.85. The summed E-state index contributed by atoms with van der Waals surface area (Å²) in [7, 11) is 3.78. The van der Waals surface area contributed by atoms with Gasteiger partial charge < -0.3 is 10.6 Å². The third-order valence-electron chi connectivity index (χ3n) is 5.01. The molecule has 2 aromatic heterocycles. The molecule has 0 atom stereocenters. The minimum absolute atomic E-state index is 0. The first-order valence-corrected chi connectivity index (χ1v) is 9.56. The zero-order valence-corrected chi connectivity index (χ0v) is 19.8. The largest absolute Gasteiger partial charge is 0.356 e. The summed E-state index contributed by atoms with van der Waals surface area (Å²) in [4.78, 5) is 4.35. The van der Waals surface area contributed by atoms with Gasteiger partial charge in [0.25, 0.3) is 0 Å². The maximum absolute atomic E-state index is 4.48. The molecule has 0 aliphatic heterocycles. The standard InChI is InChI=1S/C21H29N7.HI/c1-16-20(17(2)27(4)26-16)10-12-23-21(22-3)24-14-18-8-5-6-9-19(18)15-28-13-7-11-25-28;/h5-9,11,13H,10,12,14-15H2,1-4H3,(H2,22,23,24);1H. The molecule has 0 aliphatic rings. The highest BCUT2D eigenvalue weighted by Gasteiger charge is 2.09. The predicted molar refractivity (Wildman–Crippen MR) is 128 cm³/mol. The van der Waals surface area contributed by atoms with E-state index >= 15 is 0 Å². The van der Waals surface area contributed by atoms with Crippen LogP contribution in [0.1, 0.15) is 28.1 Å². The van der Waals surface area contributed by atoms with E-state index in [1.165, 1.54) is 22.4 Å². The van der Waals surface area contributed by atoms with Crippen molar-refractivity contribution >= 4 is 29.9 Å². The van der Waals surface area contributed by atoms with E-state index in [2.05, 4.69) is 63.9 Å². The fourth-order valence-electron chi connectivity index (χ4n) is 3.34. The van der Waals surface area contributed by atoms with Gasteiger partial charge in [0.1, 0.15) is 0 Å². The van der Waals surface area contributed by atoms with E-state index in [0.717, 1.165) is 31.2 Å². The van der Waals surface area contributed by atoms with Gasteiger partial charge in [0, 0.05) is 45.3 Å². The van der Waals surface area contributed by atoms with Crippen LogP contribution < -0.4 is 10.6 Å². The van der Waals surface area contributed by atoms with Gasteiger partial charge >= 0.3 is 0 Å². The summed E-state index contributed by atoms with van der Waals surface area (Å²) in [6.45, 7) is 6.45. The van der Waals surface area contributed by atoms with Crippen LogP contribution in [0.5, 0.6) is 0 Å². The molecular formula is C21H30IN7. The molecule has 0 saturated carbocycles. The molecule has 29 heavy (non-hydrogen) atoms. The van der Waals surface area contributed by atoms with Gasteiger partial charge in [0.2, 0.25) is 0 Å². The van der Waals surface area contributed by atoms with Crippen LogP contribution in [0.15, 0.2) is 47.7 Å². The average molecular weight is 507 g/mol. The van der Waals surface area contributed by atoms with Gasteiger partial charge in [0.15, 0.2) is 5.96 Å². The molecule has 7 nitrogen and oxygen atoms in total. The maximum atomic E-state index is 4.48. The van der Waals surface area contributed by atoms with Crippen molar-refractivity contribution in [3.8, 4) is 0 Å². The third-order valence-corrected chi connectivity index (χ3v) is 5.01. The molecule has 0 radical (unpaired) electrons. The molecule has 3 rings (SSSR count). The molecule has 0 aliphatic carbocycles. The van der Waals surface area contributed by atoms with E-state index in [4.69, 9.17) is 0 Å². The lowest BCUT2D eigenvalue weighted by molar-refractivity contribution is 0.677. The molecule has 0 bridgehead atoms. The van der Waals surface area contributed by atoms with E-state index in [-0.39, 0.29) is 24.0 Å². The molecule has 0 spiro atoms. The van der Waals surface area contributed by atoms with Gasteiger partial charge in [-0.25, -0.2) is 0 Å². The zero-order valence-electron chi connectivity index (χ0n) is 17.5. The lowest BCUT2D eigenvalue weighted by Gasteiger charge is -2.14. The Morgan fingerprint density at radius 2 is 1.86 bits per heavy atom. The van der Waals surface area contributed by atoms with E-state index in [1.807, 2.05) is 28.7 Å². The molecule has 0 unspecified atom stereocenters. The van der Waals surface area contributed by atoms with Crippen LogP contribution in [-0.4, -0.2) is 39.1 Å². The molecule has 8 heteroatoms. The Morgan fingerprint density at radius 3 is 2.48 bits per heavy atom. The first-order valence-electron chi connectivity index (χ1n) is 9.56. The summed E-state index contributed by atoms with van der Waals surface area (Å²) >= 11 is 0. The van der Waals surface area contributed by atoms with Crippen LogP contribution in [0, 0.1) is 13.8 Å². The molecule has 2 heterocycles. The second-order valence-corrected chi connectivity index (χ2v) is 6.85. The van der Waals surface area contributed by atoms with Gasteiger partial charge in [-0.1, -0.05) is 24.3 Å². The lowest BCUT2D eigenvalue weighted by Crippen LogP contribution is -2.38. The fourth-order valence-corrected chi connectivity index (χ4v) is 3.34. The highest BCUT2D eigenvalue weighted by Crippen LogP contribution is 2.12. The Bertz CT molecular complexity index is 929. The highest BCUT2D eigenvalue weighted by atomic mass is 127. The number of aliphatic imine (C=N–C) groups is 1. The van der Waals surface area contributed by atoms with Crippen molar-refractivity contribution in [2.75, 3.05) is 13.6 Å². The van der Waals surface area contributed by atoms with Crippen LogP contribution in [-0.2, 0) is 26.6 Å². The first kappa shape index (κ1) is 22.9. The van der Waals surface area contributed by atoms with Gasteiger partial charge in [-0.15, -0.1) is 24.0 Å². The molecule has 156 valence electrons. The summed E-state index contributed by atoms with van der Waals surface area (Å²) in [5, 5.41) is 15.6. The Labute approximate surface area is 189 Å². The minimum atomic E-state index is 0. The third kappa shape index (κ3) is 6.06. The van der Waals surface area contributed by atoms with Gasteiger partial charge in [-0.05, 0) is 43.0 Å². The van der Waals surface area contributed by atoms with Crippen molar-refractivity contribution < 1.29 is 0 Å². The molecule has 1 aromatic carbocycles. The molecule has 0 amide bonds. The van der Waals surface area contributed by atoms with Crippen LogP contribution in [0.2, 0.25) is 0 Å². The molecular weight excluding hydrogens is 477 g/mol. The summed E-state index contributed by atoms with van der Waals surface area (Å²) in [5.74, 6) is 0.799. The number of nitrogens with one attached hydrogen (secondary N) is 2. The Morgan fingerprint density at radius 1 is 1.10 bits per heavy atom. The van der Waals surface area contributed by atoms with Crippen molar-refractivity contribution in [1.82, 2.24) is 30.2 Å². The number of halogens is 1. The topological polar surface area (TPSA) is 72.1 Å². The van der Waals surface area contributed by atoms with Crippen molar-refractivity contribution in [2.24, 2.45) is 12.0 Å². The number of rotatable bonds is 7. The Balaban J connectivity index is 0.00000300. The number of nitrogens with zero attached hydrogens (tertiary/aromatic N) is 5. The number of aryl methyl sites for hydroxylation is 2. The van der Waals surface area contributed by atoms with Gasteiger partial charge in [0.05, 0.1) is 12.2 Å². The molecule has 2 N–H and O–H groups in total. The highest BCUT2D eigenvalue weighted by molar-refractivity contribution is 14.0. The molecule has 0 saturated heterocycles. The van der Waals surface area contributed by atoms with E-state index in [9.17, 15) is 0 Å². The van der Waals surface area contributed by atoms with Crippen molar-refractivity contribution in [1.29, 1.82) is 0 Å². The van der Waals surface area contributed by atoms with Crippen LogP contribution in [0.4, 0.5) is 0 Å². The maximum Gasteiger partial charge on any atom is 0.191 e. The SMILES string of the molecule is CN=C(NCCc1c(C)nn(C)c1C)NCc1ccccc1Cn1cccn1.I. The second kappa shape index (κ2) is 11.0. The summed E-state index contributed by atoms with van der Waals surface area (Å²) in [5.41, 5.74) is 6.10. The molecule has 0 fully saturated rings. The minimum Gasteiger partial charge on any atom is -0.356 e. The monoisotopic (exact) mass is 507 g/mol. The van der Waals surface area contributed by atoms with Crippen molar-refractivity contribution in [3.63, 3.8) is 0 Å². The summed E-state index contributed by atoms with van der Waals surface area (Å²) in [6.07, 6.45) is 4.70. The van der Waals surface area contributed by atoms with Gasteiger partial charge in [-0.3, -0.25) is 14.4 Å². The quantitative estimate of drug-likeness (QED) is 0.293. The predicted octanol–water partition coefficient (Wildman–Crippen LogP) is 2.81. The number of guanidine groups is 1. The summed E-state index contributed by atoms with van der Waals surface area (Å²) in [6, 6.07) is 10.4. The number of hydrogen-bond acceptors (Lipinski definition) is 3. The summed E-state index contributed by atoms with van der Waals surface area (Å²) < 4.78 is 3.87. The number of hydrogen-bond donors (Lipinski definition) is 2. The van der Waals surface area contributed by atoms with Crippen molar-refractivity contribution in [2.45, 2.75) is 33.4 Å². The number of benzene rings is 1. The van der Waals surface area contributed by atoms with Crippen molar-refractivity contribution in [3.05, 3.63) is 70.8 Å². The normalized spacial score (nSPS) is 11.2. The van der Waals surface area contributed by atoms with Gasteiger partial charge in [-0.2, -0.15) is 10.2 Å². The Kier molecular flexibility index (Phi) is 8.69. The lowest BCUT2D eigenvalue weighted by atomic mass is 10.1. The first-order chi connectivity index (χ1) is 13.6. The van der Waals surface area contributed by atoms with Crippen LogP contribution >= 0.6 is 24.0 Å². The number of aromatic nitrogens is 4. The van der Waals surface area contributed by atoms with Crippen LogP contribution in [0.25, 0.3) is 0 Å². The van der Waals surface area contributed by atoms with Crippen LogP contribution in [0.3, 0.4) is 0 Å².